The van der Waals surface area contributed by atoms with Gasteiger partial charge in [0, 0.05) is 12.1 Å². The van der Waals surface area contributed by atoms with Crippen LogP contribution in [0.3, 0.4) is 0 Å². The summed E-state index contributed by atoms with van der Waals surface area (Å²) < 4.78 is 14.1. The van der Waals surface area contributed by atoms with E-state index in [9.17, 15) is 18.8 Å². The van der Waals surface area contributed by atoms with Crippen molar-refractivity contribution >= 4 is 23.5 Å². The van der Waals surface area contributed by atoms with E-state index in [1.165, 1.54) is 6.07 Å². The Morgan fingerprint density at radius 1 is 1.43 bits per heavy atom. The maximum atomic E-state index is 14.1. The van der Waals surface area contributed by atoms with Gasteiger partial charge in [-0.2, -0.15) is 0 Å². The molecule has 6 nitrogen and oxygen atoms in total. The van der Waals surface area contributed by atoms with Gasteiger partial charge >= 0.3 is 5.97 Å². The van der Waals surface area contributed by atoms with Crippen LogP contribution in [0.5, 0.6) is 0 Å². The lowest BCUT2D eigenvalue weighted by Crippen LogP contribution is -2.40. The van der Waals surface area contributed by atoms with E-state index in [1.807, 2.05) is 0 Å². The first kappa shape index (κ1) is 16.7. The number of allylic oxidation sites excluding steroid dienone is 1. The second kappa shape index (κ2) is 7.04. The molecule has 3 N–H and O–H groups in total. The molecule has 2 amide bonds. The number of benzene rings is 1. The molecule has 1 heterocycles. The van der Waals surface area contributed by atoms with Crippen molar-refractivity contribution in [1.29, 1.82) is 0 Å². The first-order chi connectivity index (χ1) is 10.9. The highest BCUT2D eigenvalue weighted by Gasteiger charge is 2.24. The van der Waals surface area contributed by atoms with E-state index in [0.29, 0.717) is 17.7 Å². The fourth-order valence-corrected chi connectivity index (χ4v) is 2.31. The topological polar surface area (TPSA) is 95.5 Å². The molecule has 23 heavy (non-hydrogen) atoms. The number of carbonyl (C=O) groups excluding carboxylic acids is 2. The summed E-state index contributed by atoms with van der Waals surface area (Å²) in [5.74, 6) is -2.99. The van der Waals surface area contributed by atoms with Crippen LogP contribution in [0, 0.1) is 5.82 Å². The SMILES string of the molecule is C/C=C/CC(NC(=O)c1cc2c(cc1F)NC(=O)CC2)C(=O)O. The van der Waals surface area contributed by atoms with Crippen LogP contribution >= 0.6 is 0 Å². The number of rotatable bonds is 5. The third-order valence-corrected chi connectivity index (χ3v) is 3.54. The Hall–Kier alpha value is -2.70. The van der Waals surface area contributed by atoms with E-state index in [-0.39, 0.29) is 24.3 Å². The molecule has 1 aliphatic heterocycles. The lowest BCUT2D eigenvalue weighted by atomic mass is 9.99. The summed E-state index contributed by atoms with van der Waals surface area (Å²) in [6.07, 6.45) is 4.06. The molecule has 0 aromatic heterocycles. The zero-order valence-electron chi connectivity index (χ0n) is 12.6. The van der Waals surface area contributed by atoms with Crippen LogP contribution in [0.2, 0.25) is 0 Å². The van der Waals surface area contributed by atoms with Gasteiger partial charge in [0.25, 0.3) is 5.91 Å². The summed E-state index contributed by atoms with van der Waals surface area (Å²) in [6, 6.07) is 1.31. The standard InChI is InChI=1S/C16H17FN2O4/c1-2-3-4-12(16(22)23)19-15(21)10-7-9-5-6-14(20)18-13(9)8-11(10)17/h2-3,7-8,12H,4-6H2,1H3,(H,18,20)(H,19,21)(H,22,23)/b3-2+. The number of aryl methyl sites for hydroxylation is 1. The quantitative estimate of drug-likeness (QED) is 0.722. The van der Waals surface area contributed by atoms with Crippen molar-refractivity contribution in [3.05, 3.63) is 41.2 Å². The average Bonchev–Trinajstić information content (AvgIpc) is 2.50. The summed E-state index contributed by atoms with van der Waals surface area (Å²) in [5.41, 5.74) is 0.766. The highest BCUT2D eigenvalue weighted by atomic mass is 19.1. The maximum absolute atomic E-state index is 14.1. The number of nitrogens with one attached hydrogen (secondary N) is 2. The summed E-state index contributed by atoms with van der Waals surface area (Å²) >= 11 is 0. The van der Waals surface area contributed by atoms with Gasteiger partial charge in [-0.25, -0.2) is 9.18 Å². The van der Waals surface area contributed by atoms with Crippen LogP contribution in [-0.4, -0.2) is 28.9 Å². The zero-order chi connectivity index (χ0) is 17.0. The lowest BCUT2D eigenvalue weighted by molar-refractivity contribution is -0.139. The third kappa shape index (κ3) is 3.94. The van der Waals surface area contributed by atoms with Crippen molar-refractivity contribution in [3.8, 4) is 0 Å². The van der Waals surface area contributed by atoms with Crippen molar-refractivity contribution in [2.45, 2.75) is 32.2 Å². The number of carboxylic acids is 1. The molecule has 0 spiro atoms. The van der Waals surface area contributed by atoms with Gasteiger partial charge in [-0.15, -0.1) is 0 Å². The van der Waals surface area contributed by atoms with Crippen LogP contribution in [0.15, 0.2) is 24.3 Å². The van der Waals surface area contributed by atoms with Crippen molar-refractivity contribution in [2.24, 2.45) is 0 Å². The third-order valence-electron chi connectivity index (χ3n) is 3.54. The molecule has 122 valence electrons. The molecule has 0 radical (unpaired) electrons. The molecule has 0 fully saturated rings. The van der Waals surface area contributed by atoms with E-state index >= 15 is 0 Å². The predicted octanol–water partition coefficient (Wildman–Crippen LogP) is 1.86. The van der Waals surface area contributed by atoms with Gasteiger partial charge in [-0.3, -0.25) is 9.59 Å². The first-order valence-electron chi connectivity index (χ1n) is 7.19. The number of carboxylic acid groups (broad SMARTS) is 1. The Labute approximate surface area is 132 Å². The van der Waals surface area contributed by atoms with Crippen LogP contribution in [0.25, 0.3) is 0 Å². The smallest absolute Gasteiger partial charge is 0.326 e. The number of carbonyl (C=O) groups is 3. The number of halogens is 1. The van der Waals surface area contributed by atoms with Crippen molar-refractivity contribution in [3.63, 3.8) is 0 Å². The Kier molecular flexibility index (Phi) is 5.10. The van der Waals surface area contributed by atoms with Crippen molar-refractivity contribution < 1.29 is 23.9 Å². The van der Waals surface area contributed by atoms with Gasteiger partial charge in [0.2, 0.25) is 5.91 Å². The van der Waals surface area contributed by atoms with Gasteiger partial charge in [-0.05, 0) is 37.5 Å². The number of hydrogen-bond acceptors (Lipinski definition) is 3. The molecule has 1 unspecified atom stereocenters. The van der Waals surface area contributed by atoms with Crippen molar-refractivity contribution in [1.82, 2.24) is 5.32 Å². The number of aliphatic carboxylic acids is 1. The van der Waals surface area contributed by atoms with E-state index in [0.717, 1.165) is 6.07 Å². The Morgan fingerprint density at radius 2 is 2.17 bits per heavy atom. The zero-order valence-corrected chi connectivity index (χ0v) is 12.6. The normalized spacial score (nSPS) is 15.0. The second-order valence-corrected chi connectivity index (χ2v) is 5.21. The predicted molar refractivity (Wildman–Crippen MR) is 81.7 cm³/mol. The van der Waals surface area contributed by atoms with Gasteiger partial charge in [-0.1, -0.05) is 12.2 Å². The number of hydrogen-bond donors (Lipinski definition) is 3. The van der Waals surface area contributed by atoms with E-state index < -0.39 is 23.7 Å². The fraction of sp³-hybridized carbons (Fsp3) is 0.312. The molecule has 7 heteroatoms. The monoisotopic (exact) mass is 320 g/mol. The van der Waals surface area contributed by atoms with Crippen LogP contribution < -0.4 is 10.6 Å². The number of anilines is 1. The van der Waals surface area contributed by atoms with E-state index in [4.69, 9.17) is 5.11 Å². The second-order valence-electron chi connectivity index (χ2n) is 5.21. The Bertz CT molecular complexity index is 685. The Morgan fingerprint density at radius 3 is 2.83 bits per heavy atom. The van der Waals surface area contributed by atoms with Crippen LogP contribution in [0.1, 0.15) is 35.7 Å². The summed E-state index contributed by atoms with van der Waals surface area (Å²) in [6.45, 7) is 1.73. The molecule has 0 saturated carbocycles. The molecule has 0 bridgehead atoms. The molecule has 1 aromatic carbocycles. The minimum absolute atomic E-state index is 0.111. The summed E-state index contributed by atoms with van der Waals surface area (Å²) in [4.78, 5) is 34.6. The van der Waals surface area contributed by atoms with Gasteiger partial charge in [0.1, 0.15) is 11.9 Å². The van der Waals surface area contributed by atoms with Crippen LogP contribution in [0.4, 0.5) is 10.1 Å². The largest absolute Gasteiger partial charge is 0.480 e. The van der Waals surface area contributed by atoms with Crippen molar-refractivity contribution in [2.75, 3.05) is 5.32 Å². The van der Waals surface area contributed by atoms with E-state index in [1.54, 1.807) is 19.1 Å². The first-order valence-corrected chi connectivity index (χ1v) is 7.19. The molecule has 1 aliphatic rings. The van der Waals surface area contributed by atoms with Gasteiger partial charge in [0.05, 0.1) is 5.56 Å². The molecule has 0 saturated heterocycles. The average molecular weight is 320 g/mol. The summed E-state index contributed by atoms with van der Waals surface area (Å²) in [7, 11) is 0. The maximum Gasteiger partial charge on any atom is 0.326 e. The van der Waals surface area contributed by atoms with Crippen LogP contribution in [-0.2, 0) is 16.0 Å². The molecule has 1 atom stereocenters. The molecular weight excluding hydrogens is 303 g/mol. The minimum atomic E-state index is -1.19. The van der Waals surface area contributed by atoms with Gasteiger partial charge < -0.3 is 15.7 Å². The number of amides is 2. The Balaban J connectivity index is 2.22. The molecule has 0 aliphatic carbocycles. The van der Waals surface area contributed by atoms with Gasteiger partial charge in [0.15, 0.2) is 0 Å². The number of fused-ring (bicyclic) bond motifs is 1. The van der Waals surface area contributed by atoms with E-state index in [2.05, 4.69) is 10.6 Å². The minimum Gasteiger partial charge on any atom is -0.480 e. The highest BCUT2D eigenvalue weighted by Crippen LogP contribution is 2.26. The lowest BCUT2D eigenvalue weighted by Gasteiger charge is -2.19. The molecular formula is C16H17FN2O4. The highest BCUT2D eigenvalue weighted by molar-refractivity contribution is 5.99. The molecule has 1 aromatic rings. The molecule has 2 rings (SSSR count). The summed E-state index contributed by atoms with van der Waals surface area (Å²) in [5, 5.41) is 13.9. The fourth-order valence-electron chi connectivity index (χ4n) is 2.31.